The Bertz CT molecular complexity index is 566. The number of carbonyl (C=O) groups is 1. The Labute approximate surface area is 125 Å². The second kappa shape index (κ2) is 7.55. The predicted octanol–water partition coefficient (Wildman–Crippen LogP) is 3.28. The Morgan fingerprint density at radius 3 is 2.43 bits per heavy atom. The Kier molecular flexibility index (Phi) is 5.46. The second-order valence-corrected chi connectivity index (χ2v) is 4.98. The standard InChI is InChI=1S/C17H21N3O/c1-3-17(21)20-16-6-4-15(5-7-16)13(2)19-12-14-8-10-18-11-9-14/h4-11,13,19H,3,12H2,1-2H3,(H,20,21)/t13-/m1/s1. The van der Waals surface area contributed by atoms with Crippen LogP contribution >= 0.6 is 0 Å². The molecule has 0 aliphatic rings. The summed E-state index contributed by atoms with van der Waals surface area (Å²) < 4.78 is 0. The topological polar surface area (TPSA) is 54.0 Å². The first-order valence-corrected chi connectivity index (χ1v) is 7.21. The third-order valence-electron chi connectivity index (χ3n) is 3.38. The van der Waals surface area contributed by atoms with Crippen LogP contribution in [0.4, 0.5) is 5.69 Å². The summed E-state index contributed by atoms with van der Waals surface area (Å²) in [6, 6.07) is 12.2. The Hall–Kier alpha value is -2.20. The van der Waals surface area contributed by atoms with Crippen LogP contribution in [0.3, 0.4) is 0 Å². The van der Waals surface area contributed by atoms with E-state index in [1.807, 2.05) is 43.3 Å². The SMILES string of the molecule is CCC(=O)Nc1ccc([C@@H](C)NCc2ccncc2)cc1. The number of aromatic nitrogens is 1. The lowest BCUT2D eigenvalue weighted by Gasteiger charge is -2.15. The zero-order chi connectivity index (χ0) is 15.1. The zero-order valence-electron chi connectivity index (χ0n) is 12.5. The van der Waals surface area contributed by atoms with Crippen LogP contribution in [-0.2, 0) is 11.3 Å². The van der Waals surface area contributed by atoms with Crippen LogP contribution in [-0.4, -0.2) is 10.9 Å². The maximum atomic E-state index is 11.3. The lowest BCUT2D eigenvalue weighted by molar-refractivity contribution is -0.115. The van der Waals surface area contributed by atoms with Crippen LogP contribution in [0.2, 0.25) is 0 Å². The molecule has 1 heterocycles. The number of hydrogen-bond donors (Lipinski definition) is 2. The first-order valence-electron chi connectivity index (χ1n) is 7.21. The summed E-state index contributed by atoms with van der Waals surface area (Å²) in [5.41, 5.74) is 3.24. The summed E-state index contributed by atoms with van der Waals surface area (Å²) in [6.45, 7) is 4.77. The van der Waals surface area contributed by atoms with Crippen LogP contribution in [0.1, 0.15) is 37.4 Å². The quantitative estimate of drug-likeness (QED) is 0.855. The molecule has 0 bridgehead atoms. The van der Waals surface area contributed by atoms with E-state index in [-0.39, 0.29) is 11.9 Å². The molecule has 2 N–H and O–H groups in total. The molecule has 2 rings (SSSR count). The molecule has 110 valence electrons. The van der Waals surface area contributed by atoms with E-state index in [0.717, 1.165) is 12.2 Å². The number of hydrogen-bond acceptors (Lipinski definition) is 3. The van der Waals surface area contributed by atoms with Crippen molar-refractivity contribution < 1.29 is 4.79 Å². The van der Waals surface area contributed by atoms with Gasteiger partial charge in [0, 0.05) is 37.1 Å². The number of anilines is 1. The van der Waals surface area contributed by atoms with Gasteiger partial charge in [-0.15, -0.1) is 0 Å². The molecule has 0 unspecified atom stereocenters. The zero-order valence-corrected chi connectivity index (χ0v) is 12.5. The number of amides is 1. The maximum Gasteiger partial charge on any atom is 0.224 e. The minimum absolute atomic E-state index is 0.0339. The van der Waals surface area contributed by atoms with Crippen molar-refractivity contribution in [1.82, 2.24) is 10.3 Å². The Morgan fingerprint density at radius 2 is 1.81 bits per heavy atom. The Morgan fingerprint density at radius 1 is 1.14 bits per heavy atom. The van der Waals surface area contributed by atoms with Crippen molar-refractivity contribution in [1.29, 1.82) is 0 Å². The molecule has 21 heavy (non-hydrogen) atoms. The molecule has 1 amide bonds. The van der Waals surface area contributed by atoms with Crippen LogP contribution in [0, 0.1) is 0 Å². The highest BCUT2D eigenvalue weighted by Crippen LogP contribution is 2.16. The number of benzene rings is 1. The fourth-order valence-corrected chi connectivity index (χ4v) is 1.99. The van der Waals surface area contributed by atoms with Crippen molar-refractivity contribution in [2.75, 3.05) is 5.32 Å². The fraction of sp³-hybridized carbons (Fsp3) is 0.294. The van der Waals surface area contributed by atoms with Crippen molar-refractivity contribution in [3.05, 3.63) is 59.9 Å². The number of pyridine rings is 1. The van der Waals surface area contributed by atoms with Gasteiger partial charge in [-0.25, -0.2) is 0 Å². The molecule has 0 radical (unpaired) electrons. The van der Waals surface area contributed by atoms with E-state index < -0.39 is 0 Å². The largest absolute Gasteiger partial charge is 0.326 e. The van der Waals surface area contributed by atoms with E-state index in [2.05, 4.69) is 22.5 Å². The molecule has 0 fully saturated rings. The first kappa shape index (κ1) is 15.2. The summed E-state index contributed by atoms with van der Waals surface area (Å²) in [7, 11) is 0. The van der Waals surface area contributed by atoms with E-state index >= 15 is 0 Å². The minimum Gasteiger partial charge on any atom is -0.326 e. The van der Waals surface area contributed by atoms with Crippen molar-refractivity contribution in [2.45, 2.75) is 32.9 Å². The third-order valence-corrected chi connectivity index (χ3v) is 3.38. The highest BCUT2D eigenvalue weighted by molar-refractivity contribution is 5.90. The van der Waals surface area contributed by atoms with Crippen molar-refractivity contribution >= 4 is 11.6 Å². The lowest BCUT2D eigenvalue weighted by atomic mass is 10.1. The number of rotatable bonds is 6. The molecule has 4 nitrogen and oxygen atoms in total. The van der Waals surface area contributed by atoms with Gasteiger partial charge in [0.15, 0.2) is 0 Å². The highest BCUT2D eigenvalue weighted by Gasteiger charge is 2.05. The smallest absolute Gasteiger partial charge is 0.224 e. The van der Waals surface area contributed by atoms with Gasteiger partial charge in [-0.3, -0.25) is 9.78 Å². The van der Waals surface area contributed by atoms with Crippen LogP contribution in [0.15, 0.2) is 48.8 Å². The van der Waals surface area contributed by atoms with Gasteiger partial charge in [-0.2, -0.15) is 0 Å². The van der Waals surface area contributed by atoms with E-state index in [4.69, 9.17) is 0 Å². The molecule has 2 aromatic rings. The highest BCUT2D eigenvalue weighted by atomic mass is 16.1. The van der Waals surface area contributed by atoms with Gasteiger partial charge in [-0.1, -0.05) is 19.1 Å². The van der Waals surface area contributed by atoms with Gasteiger partial charge in [-0.05, 0) is 42.3 Å². The molecule has 0 aliphatic heterocycles. The average Bonchev–Trinajstić information content (AvgIpc) is 2.54. The van der Waals surface area contributed by atoms with Crippen molar-refractivity contribution in [2.24, 2.45) is 0 Å². The van der Waals surface area contributed by atoms with E-state index in [9.17, 15) is 4.79 Å². The van der Waals surface area contributed by atoms with Gasteiger partial charge in [0.2, 0.25) is 5.91 Å². The van der Waals surface area contributed by atoms with E-state index in [1.165, 1.54) is 11.1 Å². The molecule has 0 spiro atoms. The Balaban J connectivity index is 1.90. The third kappa shape index (κ3) is 4.68. The summed E-state index contributed by atoms with van der Waals surface area (Å²) in [5, 5.41) is 6.32. The second-order valence-electron chi connectivity index (χ2n) is 4.98. The van der Waals surface area contributed by atoms with Gasteiger partial charge < -0.3 is 10.6 Å². The predicted molar refractivity (Wildman–Crippen MR) is 84.9 cm³/mol. The van der Waals surface area contributed by atoms with Crippen LogP contribution in [0.5, 0.6) is 0 Å². The fourth-order valence-electron chi connectivity index (χ4n) is 1.99. The monoisotopic (exact) mass is 283 g/mol. The molecule has 0 saturated carbocycles. The molecule has 1 aromatic heterocycles. The molecule has 1 atom stereocenters. The lowest BCUT2D eigenvalue weighted by Crippen LogP contribution is -2.18. The molecule has 1 aromatic carbocycles. The van der Waals surface area contributed by atoms with Gasteiger partial charge >= 0.3 is 0 Å². The summed E-state index contributed by atoms with van der Waals surface area (Å²) in [5.74, 6) is 0.0339. The van der Waals surface area contributed by atoms with Gasteiger partial charge in [0.25, 0.3) is 0 Å². The number of carbonyl (C=O) groups excluding carboxylic acids is 1. The molecule has 4 heteroatoms. The summed E-state index contributed by atoms with van der Waals surface area (Å²) >= 11 is 0. The number of nitrogens with one attached hydrogen (secondary N) is 2. The molecular weight excluding hydrogens is 262 g/mol. The summed E-state index contributed by atoms with van der Waals surface area (Å²) in [4.78, 5) is 15.3. The van der Waals surface area contributed by atoms with Gasteiger partial charge in [0.05, 0.1) is 0 Å². The van der Waals surface area contributed by atoms with Crippen LogP contribution in [0.25, 0.3) is 0 Å². The maximum absolute atomic E-state index is 11.3. The van der Waals surface area contributed by atoms with Crippen molar-refractivity contribution in [3.8, 4) is 0 Å². The van der Waals surface area contributed by atoms with Crippen molar-refractivity contribution in [3.63, 3.8) is 0 Å². The number of nitrogens with zero attached hydrogens (tertiary/aromatic N) is 1. The molecule has 0 aliphatic carbocycles. The normalized spacial score (nSPS) is 11.9. The molecular formula is C17H21N3O. The first-order chi connectivity index (χ1) is 10.2. The van der Waals surface area contributed by atoms with Gasteiger partial charge in [0.1, 0.15) is 0 Å². The van der Waals surface area contributed by atoms with E-state index in [0.29, 0.717) is 6.42 Å². The van der Waals surface area contributed by atoms with Crippen LogP contribution < -0.4 is 10.6 Å². The van der Waals surface area contributed by atoms with E-state index in [1.54, 1.807) is 12.4 Å². The molecule has 0 saturated heterocycles. The minimum atomic E-state index is 0.0339. The average molecular weight is 283 g/mol. The summed E-state index contributed by atoms with van der Waals surface area (Å²) in [6.07, 6.45) is 4.09.